The minimum Gasteiger partial charge on any atom is -0.478 e. The standard InChI is InChI=1S/C10H16O3/c1-8(9(11)12)5-3-4-6-10(2)7-13-10/h1,3-7H2,2H3,(H,11,12). The molecule has 0 aromatic heterocycles. The quantitative estimate of drug-likeness (QED) is 0.390. The van der Waals surface area contributed by atoms with E-state index in [1.54, 1.807) is 0 Å². The van der Waals surface area contributed by atoms with Gasteiger partial charge in [0.2, 0.25) is 0 Å². The lowest BCUT2D eigenvalue weighted by molar-refractivity contribution is -0.132. The van der Waals surface area contributed by atoms with Crippen molar-refractivity contribution in [2.45, 2.75) is 38.2 Å². The zero-order valence-electron chi connectivity index (χ0n) is 8.01. The first-order valence-electron chi connectivity index (χ1n) is 4.58. The van der Waals surface area contributed by atoms with Crippen LogP contribution >= 0.6 is 0 Å². The minimum atomic E-state index is -0.881. The maximum atomic E-state index is 10.4. The highest BCUT2D eigenvalue weighted by molar-refractivity contribution is 5.85. The average molecular weight is 184 g/mol. The van der Waals surface area contributed by atoms with Gasteiger partial charge >= 0.3 is 5.97 Å². The Morgan fingerprint density at radius 2 is 2.23 bits per heavy atom. The highest BCUT2D eigenvalue weighted by Crippen LogP contribution is 2.31. The van der Waals surface area contributed by atoms with Gasteiger partial charge in [0.15, 0.2) is 0 Å². The van der Waals surface area contributed by atoms with Crippen LogP contribution in [0, 0.1) is 0 Å². The second kappa shape index (κ2) is 3.92. The Morgan fingerprint density at radius 3 is 2.69 bits per heavy atom. The number of hydrogen-bond acceptors (Lipinski definition) is 2. The predicted molar refractivity (Wildman–Crippen MR) is 49.6 cm³/mol. The zero-order chi connectivity index (χ0) is 9.90. The monoisotopic (exact) mass is 184 g/mol. The molecule has 1 rings (SSSR count). The van der Waals surface area contributed by atoms with Crippen LogP contribution in [0.3, 0.4) is 0 Å². The van der Waals surface area contributed by atoms with Crippen LogP contribution in [0.5, 0.6) is 0 Å². The first-order valence-corrected chi connectivity index (χ1v) is 4.58. The van der Waals surface area contributed by atoms with Crippen LogP contribution in [-0.4, -0.2) is 23.3 Å². The molecule has 0 aromatic carbocycles. The normalized spacial score (nSPS) is 25.6. The van der Waals surface area contributed by atoms with Gasteiger partial charge in [-0.15, -0.1) is 0 Å². The van der Waals surface area contributed by atoms with E-state index in [-0.39, 0.29) is 5.60 Å². The van der Waals surface area contributed by atoms with E-state index >= 15 is 0 Å². The lowest BCUT2D eigenvalue weighted by Gasteiger charge is -2.04. The highest BCUT2D eigenvalue weighted by atomic mass is 16.6. The van der Waals surface area contributed by atoms with Gasteiger partial charge in [-0.3, -0.25) is 0 Å². The van der Waals surface area contributed by atoms with E-state index < -0.39 is 5.97 Å². The van der Waals surface area contributed by atoms with Crippen molar-refractivity contribution in [1.82, 2.24) is 0 Å². The average Bonchev–Trinajstić information content (AvgIpc) is 2.78. The number of carboxylic acids is 1. The van der Waals surface area contributed by atoms with E-state index in [1.807, 2.05) is 0 Å². The van der Waals surface area contributed by atoms with Crippen molar-refractivity contribution < 1.29 is 14.6 Å². The third kappa shape index (κ3) is 3.59. The molecule has 0 aliphatic carbocycles. The fraction of sp³-hybridized carbons (Fsp3) is 0.700. The maximum Gasteiger partial charge on any atom is 0.330 e. The van der Waals surface area contributed by atoms with E-state index in [2.05, 4.69) is 13.5 Å². The molecule has 3 nitrogen and oxygen atoms in total. The molecule has 0 spiro atoms. The topological polar surface area (TPSA) is 49.8 Å². The van der Waals surface area contributed by atoms with Crippen molar-refractivity contribution in [2.75, 3.05) is 6.61 Å². The summed E-state index contributed by atoms with van der Waals surface area (Å²) in [5.74, 6) is -0.881. The lowest BCUT2D eigenvalue weighted by Crippen LogP contribution is -2.04. The fourth-order valence-electron chi connectivity index (χ4n) is 1.21. The van der Waals surface area contributed by atoms with Gasteiger partial charge in [0.1, 0.15) is 0 Å². The van der Waals surface area contributed by atoms with Crippen LogP contribution in [0.25, 0.3) is 0 Å². The van der Waals surface area contributed by atoms with Crippen LogP contribution in [0.4, 0.5) is 0 Å². The third-order valence-corrected chi connectivity index (χ3v) is 2.37. The summed E-state index contributed by atoms with van der Waals surface area (Å²) in [5, 5.41) is 8.53. The SMILES string of the molecule is C=C(CCCCC1(C)CO1)C(=O)O. The van der Waals surface area contributed by atoms with Gasteiger partial charge in [-0.2, -0.15) is 0 Å². The van der Waals surface area contributed by atoms with Gasteiger partial charge < -0.3 is 9.84 Å². The summed E-state index contributed by atoms with van der Waals surface area (Å²) in [6.07, 6.45) is 3.53. The molecule has 1 N–H and O–H groups in total. The summed E-state index contributed by atoms with van der Waals surface area (Å²) in [5.41, 5.74) is 0.409. The fourth-order valence-corrected chi connectivity index (χ4v) is 1.21. The summed E-state index contributed by atoms with van der Waals surface area (Å²) in [4.78, 5) is 10.4. The van der Waals surface area contributed by atoms with E-state index in [4.69, 9.17) is 9.84 Å². The molecule has 1 saturated heterocycles. The molecule has 74 valence electrons. The van der Waals surface area contributed by atoms with Crippen molar-refractivity contribution in [2.24, 2.45) is 0 Å². The van der Waals surface area contributed by atoms with E-state index in [9.17, 15) is 4.79 Å². The molecule has 0 bridgehead atoms. The lowest BCUT2D eigenvalue weighted by atomic mass is 10.0. The van der Waals surface area contributed by atoms with Gasteiger partial charge in [-0.1, -0.05) is 13.0 Å². The molecule has 0 radical (unpaired) electrons. The Labute approximate surface area is 78.4 Å². The van der Waals surface area contributed by atoms with Gasteiger partial charge in [-0.05, 0) is 26.2 Å². The van der Waals surface area contributed by atoms with Gasteiger partial charge in [0, 0.05) is 5.57 Å². The number of aliphatic carboxylic acids is 1. The minimum absolute atomic E-state index is 0.102. The first kappa shape index (κ1) is 10.3. The predicted octanol–water partition coefficient (Wildman–Crippen LogP) is 1.98. The van der Waals surface area contributed by atoms with Crippen molar-refractivity contribution in [1.29, 1.82) is 0 Å². The molecule has 1 aliphatic heterocycles. The van der Waals surface area contributed by atoms with Crippen molar-refractivity contribution >= 4 is 5.97 Å². The second-order valence-corrected chi connectivity index (χ2v) is 3.85. The van der Waals surface area contributed by atoms with Crippen LogP contribution in [0.1, 0.15) is 32.6 Å². The molecule has 0 amide bonds. The molecule has 1 aliphatic rings. The number of carbonyl (C=O) groups is 1. The Morgan fingerprint density at radius 1 is 1.62 bits per heavy atom. The molecule has 0 saturated carbocycles. The summed E-state index contributed by atoms with van der Waals surface area (Å²) >= 11 is 0. The largest absolute Gasteiger partial charge is 0.478 e. The summed E-state index contributed by atoms with van der Waals surface area (Å²) in [6.45, 7) is 6.41. The van der Waals surface area contributed by atoms with Gasteiger partial charge in [0.25, 0.3) is 0 Å². The second-order valence-electron chi connectivity index (χ2n) is 3.85. The van der Waals surface area contributed by atoms with E-state index in [0.29, 0.717) is 12.0 Å². The molecular formula is C10H16O3. The molecule has 0 aromatic rings. The number of epoxide rings is 1. The maximum absolute atomic E-state index is 10.4. The Hall–Kier alpha value is -0.830. The van der Waals surface area contributed by atoms with Crippen molar-refractivity contribution in [3.63, 3.8) is 0 Å². The highest BCUT2D eigenvalue weighted by Gasteiger charge is 2.37. The summed E-state index contributed by atoms with van der Waals surface area (Å²) in [7, 11) is 0. The Balaban J connectivity index is 2.01. The molecule has 3 heteroatoms. The number of carboxylic acid groups (broad SMARTS) is 1. The first-order chi connectivity index (χ1) is 6.03. The van der Waals surface area contributed by atoms with Crippen LogP contribution in [-0.2, 0) is 9.53 Å². The molecule has 1 atom stereocenters. The number of unbranched alkanes of at least 4 members (excludes halogenated alkanes) is 1. The van der Waals surface area contributed by atoms with E-state index in [0.717, 1.165) is 25.9 Å². The van der Waals surface area contributed by atoms with Crippen molar-refractivity contribution in [3.05, 3.63) is 12.2 Å². The molecule has 1 unspecified atom stereocenters. The molecule has 13 heavy (non-hydrogen) atoms. The third-order valence-electron chi connectivity index (χ3n) is 2.37. The molecule has 1 fully saturated rings. The summed E-state index contributed by atoms with van der Waals surface area (Å²) in [6, 6.07) is 0. The zero-order valence-corrected chi connectivity index (χ0v) is 8.01. The van der Waals surface area contributed by atoms with Crippen LogP contribution in [0.2, 0.25) is 0 Å². The smallest absolute Gasteiger partial charge is 0.330 e. The Bertz CT molecular complexity index is 216. The van der Waals surface area contributed by atoms with E-state index in [1.165, 1.54) is 0 Å². The van der Waals surface area contributed by atoms with Crippen LogP contribution < -0.4 is 0 Å². The number of ether oxygens (including phenoxy) is 1. The molecule has 1 heterocycles. The van der Waals surface area contributed by atoms with Gasteiger partial charge in [-0.25, -0.2) is 4.79 Å². The summed E-state index contributed by atoms with van der Waals surface area (Å²) < 4.78 is 5.21. The Kier molecular flexibility index (Phi) is 3.09. The number of rotatable bonds is 6. The van der Waals surface area contributed by atoms with Crippen molar-refractivity contribution in [3.8, 4) is 0 Å². The molecular weight excluding hydrogens is 168 g/mol. The number of hydrogen-bond donors (Lipinski definition) is 1. The van der Waals surface area contributed by atoms with Gasteiger partial charge in [0.05, 0.1) is 12.2 Å². The van der Waals surface area contributed by atoms with Crippen LogP contribution in [0.15, 0.2) is 12.2 Å².